The fourth-order valence-electron chi connectivity index (χ4n) is 2.06. The van der Waals surface area contributed by atoms with Crippen molar-refractivity contribution in [2.45, 2.75) is 25.8 Å². The lowest BCUT2D eigenvalue weighted by Crippen LogP contribution is -2.25. The molecule has 1 amide bonds. The van der Waals surface area contributed by atoms with Crippen LogP contribution in [0.25, 0.3) is 0 Å². The number of aryl methyl sites for hydroxylation is 1. The molecule has 0 aromatic heterocycles. The molecule has 3 heteroatoms. The molecule has 0 bridgehead atoms. The number of nitrogens with zero attached hydrogens (tertiary/aromatic N) is 2. The van der Waals surface area contributed by atoms with E-state index in [9.17, 15) is 4.79 Å². The van der Waals surface area contributed by atoms with Crippen molar-refractivity contribution in [1.82, 2.24) is 4.90 Å². The fraction of sp³-hybridized carbons (Fsp3) is 0.438. The molecule has 0 heterocycles. The van der Waals surface area contributed by atoms with Gasteiger partial charge < -0.3 is 4.90 Å². The van der Waals surface area contributed by atoms with Gasteiger partial charge in [0.2, 0.25) is 5.91 Å². The molecular weight excluding hydrogens is 236 g/mol. The Balaban J connectivity index is 1.89. The van der Waals surface area contributed by atoms with Crippen molar-refractivity contribution in [2.24, 2.45) is 0 Å². The number of rotatable bonds is 5. The Bertz CT molecular complexity index is 477. The average Bonchev–Trinajstić information content (AvgIpc) is 3.21. The van der Waals surface area contributed by atoms with Crippen LogP contribution in [0.2, 0.25) is 0 Å². The number of hydrogen-bond donors (Lipinski definition) is 0. The normalized spacial score (nSPS) is 15.2. The molecule has 0 aliphatic heterocycles. The molecule has 19 heavy (non-hydrogen) atoms. The van der Waals surface area contributed by atoms with E-state index in [0.29, 0.717) is 0 Å². The van der Waals surface area contributed by atoms with Crippen LogP contribution in [0.4, 0.5) is 5.69 Å². The van der Waals surface area contributed by atoms with Crippen LogP contribution in [-0.2, 0) is 4.79 Å². The van der Waals surface area contributed by atoms with Gasteiger partial charge in [0, 0.05) is 31.4 Å². The highest BCUT2D eigenvalue weighted by molar-refractivity contribution is 6.00. The smallest absolute Gasteiger partial charge is 0.250 e. The first kappa shape index (κ1) is 13.8. The van der Waals surface area contributed by atoms with Gasteiger partial charge in [-0.1, -0.05) is 18.2 Å². The van der Waals surface area contributed by atoms with Gasteiger partial charge in [0.15, 0.2) is 0 Å². The van der Waals surface area contributed by atoms with Crippen molar-refractivity contribution in [3.8, 4) is 0 Å². The van der Waals surface area contributed by atoms with Gasteiger partial charge in [0.05, 0.1) is 0 Å². The van der Waals surface area contributed by atoms with Crippen LogP contribution in [-0.4, -0.2) is 37.5 Å². The van der Waals surface area contributed by atoms with Gasteiger partial charge in [0.25, 0.3) is 0 Å². The first-order valence-electron chi connectivity index (χ1n) is 6.79. The maximum Gasteiger partial charge on any atom is 0.250 e. The zero-order valence-electron chi connectivity index (χ0n) is 12.0. The molecule has 0 N–H and O–H groups in total. The zero-order chi connectivity index (χ0) is 13.8. The Morgan fingerprint density at radius 3 is 2.74 bits per heavy atom. The second-order valence-corrected chi connectivity index (χ2v) is 5.31. The van der Waals surface area contributed by atoms with E-state index in [-0.39, 0.29) is 5.91 Å². The number of amides is 1. The van der Waals surface area contributed by atoms with Gasteiger partial charge in [-0.25, -0.2) is 0 Å². The van der Waals surface area contributed by atoms with Gasteiger partial charge in [-0.05, 0) is 44.5 Å². The van der Waals surface area contributed by atoms with Crippen LogP contribution < -0.4 is 4.90 Å². The van der Waals surface area contributed by atoms with Gasteiger partial charge in [0.1, 0.15) is 0 Å². The highest BCUT2D eigenvalue weighted by atomic mass is 16.2. The van der Waals surface area contributed by atoms with E-state index in [1.165, 1.54) is 12.8 Å². The molecule has 1 fully saturated rings. The minimum atomic E-state index is 0.0230. The Hall–Kier alpha value is -1.61. The molecule has 0 radical (unpaired) electrons. The number of hydrogen-bond acceptors (Lipinski definition) is 2. The maximum absolute atomic E-state index is 12.0. The van der Waals surface area contributed by atoms with E-state index < -0.39 is 0 Å². The summed E-state index contributed by atoms with van der Waals surface area (Å²) >= 11 is 0. The van der Waals surface area contributed by atoms with Gasteiger partial charge >= 0.3 is 0 Å². The van der Waals surface area contributed by atoms with Crippen LogP contribution in [0, 0.1) is 6.92 Å². The van der Waals surface area contributed by atoms with Crippen LogP contribution in [0.15, 0.2) is 36.4 Å². The minimum Gasteiger partial charge on any atom is -0.312 e. The van der Waals surface area contributed by atoms with Gasteiger partial charge in [-0.15, -0.1) is 0 Å². The second kappa shape index (κ2) is 6.02. The van der Waals surface area contributed by atoms with Crippen molar-refractivity contribution >= 4 is 11.6 Å². The zero-order valence-corrected chi connectivity index (χ0v) is 12.0. The summed E-state index contributed by atoms with van der Waals surface area (Å²) in [4.78, 5) is 16.0. The standard InChI is InChI=1S/C16H22N2O/c1-13-6-4-7-15(12-13)18(3)16(19)8-5-11-17(2)14-9-10-14/h4-8,12,14H,9-11H2,1-3H3/b8-5+. The monoisotopic (exact) mass is 258 g/mol. The molecule has 0 atom stereocenters. The second-order valence-electron chi connectivity index (χ2n) is 5.31. The summed E-state index contributed by atoms with van der Waals surface area (Å²) < 4.78 is 0. The lowest BCUT2D eigenvalue weighted by Gasteiger charge is -2.16. The fourth-order valence-corrected chi connectivity index (χ4v) is 2.06. The number of benzene rings is 1. The SMILES string of the molecule is Cc1cccc(N(C)C(=O)/C=C/CN(C)C2CC2)c1. The third kappa shape index (κ3) is 3.93. The molecule has 1 aliphatic rings. The van der Waals surface area contributed by atoms with Crippen LogP contribution in [0.3, 0.4) is 0 Å². The Morgan fingerprint density at radius 1 is 1.37 bits per heavy atom. The molecule has 2 rings (SSSR count). The predicted octanol–water partition coefficient (Wildman–Crippen LogP) is 2.61. The topological polar surface area (TPSA) is 23.6 Å². The van der Waals surface area contributed by atoms with E-state index >= 15 is 0 Å². The lowest BCUT2D eigenvalue weighted by atomic mass is 10.2. The summed E-state index contributed by atoms with van der Waals surface area (Å²) in [5.74, 6) is 0.0230. The van der Waals surface area contributed by atoms with Gasteiger partial charge in [-0.3, -0.25) is 9.69 Å². The molecular formula is C16H22N2O. The van der Waals surface area contributed by atoms with E-state index in [0.717, 1.165) is 23.8 Å². The molecule has 3 nitrogen and oxygen atoms in total. The van der Waals surface area contributed by atoms with Crippen molar-refractivity contribution in [2.75, 3.05) is 25.5 Å². The average molecular weight is 258 g/mol. The van der Waals surface area contributed by atoms with E-state index in [1.54, 1.807) is 11.0 Å². The largest absolute Gasteiger partial charge is 0.312 e. The van der Waals surface area contributed by atoms with Gasteiger partial charge in [-0.2, -0.15) is 0 Å². The molecule has 0 unspecified atom stereocenters. The predicted molar refractivity (Wildman–Crippen MR) is 79.4 cm³/mol. The highest BCUT2D eigenvalue weighted by Crippen LogP contribution is 2.24. The molecule has 1 aromatic carbocycles. The summed E-state index contributed by atoms with van der Waals surface area (Å²) in [6.07, 6.45) is 6.21. The number of carbonyl (C=O) groups excluding carboxylic acids is 1. The first-order valence-corrected chi connectivity index (χ1v) is 6.79. The number of anilines is 1. The lowest BCUT2D eigenvalue weighted by molar-refractivity contribution is -0.113. The van der Waals surface area contributed by atoms with E-state index in [4.69, 9.17) is 0 Å². The maximum atomic E-state index is 12.0. The Morgan fingerprint density at radius 2 is 2.11 bits per heavy atom. The third-order valence-corrected chi connectivity index (χ3v) is 3.54. The Kier molecular flexibility index (Phi) is 4.38. The van der Waals surface area contributed by atoms with Crippen molar-refractivity contribution < 1.29 is 4.79 Å². The third-order valence-electron chi connectivity index (χ3n) is 3.54. The number of carbonyl (C=O) groups is 1. The van der Waals surface area contributed by atoms with Crippen molar-refractivity contribution in [3.05, 3.63) is 42.0 Å². The van der Waals surface area contributed by atoms with E-state index in [2.05, 4.69) is 11.9 Å². The minimum absolute atomic E-state index is 0.0230. The highest BCUT2D eigenvalue weighted by Gasteiger charge is 2.24. The molecule has 1 aliphatic carbocycles. The number of likely N-dealkylation sites (N-methyl/N-ethyl adjacent to an activating group) is 2. The van der Waals surface area contributed by atoms with Crippen LogP contribution in [0.5, 0.6) is 0 Å². The van der Waals surface area contributed by atoms with Crippen LogP contribution >= 0.6 is 0 Å². The molecule has 102 valence electrons. The van der Waals surface area contributed by atoms with Crippen molar-refractivity contribution in [3.63, 3.8) is 0 Å². The molecule has 1 aromatic rings. The summed E-state index contributed by atoms with van der Waals surface area (Å²) in [5, 5.41) is 0. The Labute approximate surface area is 115 Å². The summed E-state index contributed by atoms with van der Waals surface area (Å²) in [6, 6.07) is 8.70. The quantitative estimate of drug-likeness (QED) is 0.758. The first-order chi connectivity index (χ1) is 9.08. The van der Waals surface area contributed by atoms with Crippen LogP contribution in [0.1, 0.15) is 18.4 Å². The summed E-state index contributed by atoms with van der Waals surface area (Å²) in [7, 11) is 3.92. The van der Waals surface area contributed by atoms with E-state index in [1.807, 2.05) is 44.3 Å². The van der Waals surface area contributed by atoms with Crippen molar-refractivity contribution in [1.29, 1.82) is 0 Å². The summed E-state index contributed by atoms with van der Waals surface area (Å²) in [6.45, 7) is 2.88. The molecule has 0 saturated heterocycles. The molecule has 1 saturated carbocycles. The summed E-state index contributed by atoms with van der Waals surface area (Å²) in [5.41, 5.74) is 2.10. The molecule has 0 spiro atoms.